The Bertz CT molecular complexity index is 1450. The minimum atomic E-state index is -4.00. The molecule has 3 aromatic carbocycles. The summed E-state index contributed by atoms with van der Waals surface area (Å²) in [5, 5.41) is 21.8. The van der Waals surface area contributed by atoms with Crippen LogP contribution in [0.1, 0.15) is 17.5 Å². The summed E-state index contributed by atoms with van der Waals surface area (Å²) >= 11 is 0. The molecular formula is C23H25N3O6S2. The van der Waals surface area contributed by atoms with E-state index in [1.54, 1.807) is 6.07 Å². The Balaban J connectivity index is 1.29. The second-order valence-corrected chi connectivity index (χ2v) is 11.4. The zero-order valence-corrected chi connectivity index (χ0v) is 19.8. The number of aliphatic hydroxyl groups is 1. The van der Waals surface area contributed by atoms with Gasteiger partial charge in [-0.2, -0.15) is 8.42 Å². The molecule has 0 amide bonds. The van der Waals surface area contributed by atoms with Gasteiger partial charge in [0.05, 0.1) is 12.0 Å². The van der Waals surface area contributed by atoms with E-state index in [1.165, 1.54) is 12.1 Å². The van der Waals surface area contributed by atoms with Crippen LogP contribution in [-0.2, 0) is 33.1 Å². The van der Waals surface area contributed by atoms with Gasteiger partial charge in [-0.25, -0.2) is 22.2 Å². The fourth-order valence-corrected chi connectivity index (χ4v) is 6.00. The number of hydrogen-bond acceptors (Lipinski definition) is 6. The third-order valence-electron chi connectivity index (χ3n) is 5.49. The smallest absolute Gasteiger partial charge is 0.330 e. The summed E-state index contributed by atoms with van der Waals surface area (Å²) in [6, 6.07) is 18.2. The molecule has 0 spiro atoms. The van der Waals surface area contributed by atoms with E-state index in [0.717, 1.165) is 26.8 Å². The van der Waals surface area contributed by atoms with Crippen molar-refractivity contribution in [2.75, 3.05) is 16.6 Å². The van der Waals surface area contributed by atoms with Crippen molar-refractivity contribution < 1.29 is 27.0 Å². The number of aromatic hydroxyl groups is 1. The zero-order valence-electron chi connectivity index (χ0n) is 18.2. The number of sulfonamides is 1. The van der Waals surface area contributed by atoms with Crippen molar-refractivity contribution >= 4 is 36.7 Å². The molecule has 4 N–H and O–H groups in total. The van der Waals surface area contributed by atoms with Crippen molar-refractivity contribution in [3.05, 3.63) is 83.9 Å². The van der Waals surface area contributed by atoms with E-state index >= 15 is 0 Å². The largest absolute Gasteiger partial charge is 0.506 e. The fourth-order valence-electron chi connectivity index (χ4n) is 3.85. The van der Waals surface area contributed by atoms with Crippen molar-refractivity contribution in [2.45, 2.75) is 19.3 Å². The van der Waals surface area contributed by atoms with Gasteiger partial charge in [-0.05, 0) is 53.3 Å². The number of phenolic OH excluding ortho intramolecular Hbond substituents is 1. The van der Waals surface area contributed by atoms with Crippen LogP contribution in [0.5, 0.6) is 5.75 Å². The molecule has 0 radical (unpaired) electrons. The Kier molecular flexibility index (Phi) is 6.69. The maximum atomic E-state index is 12.4. The first-order chi connectivity index (χ1) is 16.1. The van der Waals surface area contributed by atoms with E-state index in [-0.39, 0.29) is 23.7 Å². The highest BCUT2D eigenvalue weighted by Gasteiger charge is 2.30. The molecule has 0 fully saturated rings. The number of fused-ring (bicyclic) bond motifs is 1. The minimum absolute atomic E-state index is 0.00515. The molecule has 0 saturated heterocycles. The summed E-state index contributed by atoms with van der Waals surface area (Å²) in [5.41, 5.74) is 1.70. The molecule has 1 aliphatic heterocycles. The SMILES string of the molecule is O=S(=O)(CCc1cccc2ccccc12)NCCCc1ccc(N2C=C(O)NS2(=O)=O)c(O)c1. The zero-order chi connectivity index (χ0) is 24.3. The number of aliphatic hydroxyl groups excluding tert-OH is 1. The van der Waals surface area contributed by atoms with Crippen molar-refractivity contribution in [1.82, 2.24) is 9.44 Å². The van der Waals surface area contributed by atoms with Crippen LogP contribution in [0.3, 0.4) is 0 Å². The van der Waals surface area contributed by atoms with Crippen LogP contribution < -0.4 is 13.7 Å². The highest BCUT2D eigenvalue weighted by molar-refractivity contribution is 7.91. The lowest BCUT2D eigenvalue weighted by Crippen LogP contribution is -2.29. The summed E-state index contributed by atoms with van der Waals surface area (Å²) in [6.45, 7) is 0.238. The monoisotopic (exact) mass is 503 g/mol. The van der Waals surface area contributed by atoms with E-state index < -0.39 is 26.1 Å². The Morgan fingerprint density at radius 2 is 1.74 bits per heavy atom. The molecule has 0 unspecified atom stereocenters. The van der Waals surface area contributed by atoms with E-state index in [4.69, 9.17) is 0 Å². The molecule has 1 heterocycles. The molecule has 1 aliphatic rings. The topological polar surface area (TPSA) is 136 Å². The summed E-state index contributed by atoms with van der Waals surface area (Å²) in [5.74, 6) is -0.837. The molecule has 34 heavy (non-hydrogen) atoms. The van der Waals surface area contributed by atoms with Crippen LogP contribution in [0.4, 0.5) is 5.69 Å². The van der Waals surface area contributed by atoms with Crippen LogP contribution >= 0.6 is 0 Å². The Morgan fingerprint density at radius 3 is 2.47 bits per heavy atom. The Morgan fingerprint density at radius 1 is 0.971 bits per heavy atom. The number of hydrogen-bond donors (Lipinski definition) is 4. The number of benzene rings is 3. The molecule has 3 aromatic rings. The van der Waals surface area contributed by atoms with Gasteiger partial charge in [-0.1, -0.05) is 48.5 Å². The molecule has 0 aliphatic carbocycles. The maximum Gasteiger partial charge on any atom is 0.330 e. The van der Waals surface area contributed by atoms with Crippen LogP contribution in [0, 0.1) is 0 Å². The van der Waals surface area contributed by atoms with E-state index in [2.05, 4.69) is 4.72 Å². The average Bonchev–Trinajstić information content (AvgIpc) is 3.07. The number of rotatable bonds is 9. The highest BCUT2D eigenvalue weighted by Crippen LogP contribution is 2.32. The Hall–Kier alpha value is -3.28. The summed E-state index contributed by atoms with van der Waals surface area (Å²) < 4.78 is 54.0. The van der Waals surface area contributed by atoms with Crippen LogP contribution in [0.15, 0.2) is 72.7 Å². The molecule has 4 rings (SSSR count). The third-order valence-corrected chi connectivity index (χ3v) is 8.17. The van der Waals surface area contributed by atoms with Gasteiger partial charge in [0.15, 0.2) is 0 Å². The van der Waals surface area contributed by atoms with Gasteiger partial charge in [-0.15, -0.1) is 0 Å². The van der Waals surface area contributed by atoms with Gasteiger partial charge in [0.1, 0.15) is 11.4 Å². The highest BCUT2D eigenvalue weighted by atomic mass is 32.2. The second-order valence-electron chi connectivity index (χ2n) is 7.95. The van der Waals surface area contributed by atoms with Gasteiger partial charge in [0, 0.05) is 6.54 Å². The molecule has 0 aromatic heterocycles. The first kappa shape index (κ1) is 23.9. The molecule has 180 valence electrons. The summed E-state index contributed by atoms with van der Waals surface area (Å²) in [7, 11) is -7.45. The molecule has 0 saturated carbocycles. The predicted octanol–water partition coefficient (Wildman–Crippen LogP) is 2.65. The first-order valence-corrected chi connectivity index (χ1v) is 13.7. The van der Waals surface area contributed by atoms with Gasteiger partial charge < -0.3 is 10.2 Å². The van der Waals surface area contributed by atoms with Crippen molar-refractivity contribution in [2.24, 2.45) is 0 Å². The van der Waals surface area contributed by atoms with Gasteiger partial charge >= 0.3 is 10.2 Å². The van der Waals surface area contributed by atoms with Crippen molar-refractivity contribution in [3.63, 3.8) is 0 Å². The standard InChI is InChI=1S/C23H25N3O6S2/c27-22-15-17(10-11-21(22)26-16-23(28)25-34(26,31)32)5-4-13-24-33(29,30)14-12-19-8-3-7-18-6-1-2-9-20(18)19/h1-3,6-11,15-16,24-25,27-28H,4-5,12-14H2. The van der Waals surface area contributed by atoms with E-state index in [0.29, 0.717) is 24.8 Å². The van der Waals surface area contributed by atoms with Gasteiger partial charge in [-0.3, -0.25) is 0 Å². The average molecular weight is 504 g/mol. The third kappa shape index (κ3) is 5.44. The predicted molar refractivity (Wildman–Crippen MR) is 131 cm³/mol. The number of phenols is 1. The molecule has 0 atom stereocenters. The van der Waals surface area contributed by atoms with Gasteiger partial charge in [0.25, 0.3) is 0 Å². The molecule has 0 bridgehead atoms. The molecular weight excluding hydrogens is 478 g/mol. The second kappa shape index (κ2) is 9.53. The number of nitrogens with zero attached hydrogens (tertiary/aromatic N) is 1. The Labute approximate surface area is 198 Å². The number of aryl methyl sites for hydroxylation is 2. The van der Waals surface area contributed by atoms with Crippen LogP contribution in [0.2, 0.25) is 0 Å². The van der Waals surface area contributed by atoms with Crippen LogP contribution in [-0.4, -0.2) is 39.3 Å². The normalized spacial score (nSPS) is 15.3. The summed E-state index contributed by atoms with van der Waals surface area (Å²) in [4.78, 5) is 0. The lowest BCUT2D eigenvalue weighted by atomic mass is 10.0. The lowest BCUT2D eigenvalue weighted by Gasteiger charge is -2.16. The molecule has 9 nitrogen and oxygen atoms in total. The van der Waals surface area contributed by atoms with Crippen LogP contribution in [0.25, 0.3) is 10.8 Å². The molecule has 11 heteroatoms. The van der Waals surface area contributed by atoms with Crippen molar-refractivity contribution in [3.8, 4) is 5.75 Å². The van der Waals surface area contributed by atoms with Crippen molar-refractivity contribution in [1.29, 1.82) is 0 Å². The lowest BCUT2D eigenvalue weighted by molar-refractivity contribution is 0.392. The fraction of sp³-hybridized carbons (Fsp3) is 0.217. The first-order valence-electron chi connectivity index (χ1n) is 10.6. The minimum Gasteiger partial charge on any atom is -0.506 e. The number of nitrogens with one attached hydrogen (secondary N) is 2. The number of anilines is 1. The van der Waals surface area contributed by atoms with E-state index in [9.17, 15) is 27.0 Å². The quantitative estimate of drug-likeness (QED) is 0.332. The maximum absolute atomic E-state index is 12.4. The van der Waals surface area contributed by atoms with Gasteiger partial charge in [0.2, 0.25) is 15.9 Å². The van der Waals surface area contributed by atoms with E-state index in [1.807, 2.05) is 47.2 Å². The summed E-state index contributed by atoms with van der Waals surface area (Å²) in [6.07, 6.45) is 2.34.